The van der Waals surface area contributed by atoms with Gasteiger partial charge in [-0.05, 0) is 23.8 Å². The monoisotopic (exact) mass is 291 g/mol. The number of hydrogen-bond acceptors (Lipinski definition) is 3. The van der Waals surface area contributed by atoms with E-state index in [0.29, 0.717) is 0 Å². The number of aryl methyl sites for hydroxylation is 1. The minimum absolute atomic E-state index is 0.762. The highest BCUT2D eigenvalue weighted by Crippen LogP contribution is 2.32. The molecule has 1 aromatic heterocycles. The fraction of sp³-hybridized carbons (Fsp3) is 0.400. The number of ether oxygens (including phenoxy) is 1. The second-order valence-corrected chi connectivity index (χ2v) is 5.46. The van der Waals surface area contributed by atoms with Crippen molar-refractivity contribution in [3.63, 3.8) is 0 Å². The van der Waals surface area contributed by atoms with Crippen LogP contribution in [0.3, 0.4) is 0 Å². The Morgan fingerprint density at radius 2 is 2.35 bits per heavy atom. The quantitative estimate of drug-likeness (QED) is 0.860. The van der Waals surface area contributed by atoms with Gasteiger partial charge in [-0.3, -0.25) is 4.68 Å². The van der Waals surface area contributed by atoms with E-state index in [1.807, 2.05) is 36.1 Å². The summed E-state index contributed by atoms with van der Waals surface area (Å²) in [4.78, 5) is 0. The average molecular weight is 292 g/mol. The third kappa shape index (κ3) is 2.81. The highest BCUT2D eigenvalue weighted by atomic mass is 35.5. The van der Waals surface area contributed by atoms with Crippen LogP contribution >= 0.6 is 11.6 Å². The first kappa shape index (κ1) is 13.5. The maximum absolute atomic E-state index is 6.15. The van der Waals surface area contributed by atoms with E-state index >= 15 is 0 Å². The van der Waals surface area contributed by atoms with Gasteiger partial charge in [-0.1, -0.05) is 11.6 Å². The van der Waals surface area contributed by atoms with Gasteiger partial charge in [0.05, 0.1) is 6.61 Å². The number of nitrogens with zero attached hydrogens (tertiary/aromatic N) is 2. The van der Waals surface area contributed by atoms with Crippen LogP contribution in [0, 0.1) is 0 Å². The molecule has 20 heavy (non-hydrogen) atoms. The van der Waals surface area contributed by atoms with Crippen LogP contribution in [0.15, 0.2) is 24.4 Å². The van der Waals surface area contributed by atoms with Crippen molar-refractivity contribution >= 4 is 11.6 Å². The normalized spacial score (nSPS) is 13.3. The predicted molar refractivity (Wildman–Crippen MR) is 79.3 cm³/mol. The van der Waals surface area contributed by atoms with Crippen LogP contribution < -0.4 is 10.1 Å². The summed E-state index contributed by atoms with van der Waals surface area (Å²) in [5.41, 5.74) is 3.60. The van der Waals surface area contributed by atoms with Gasteiger partial charge in [0, 0.05) is 55.5 Å². The molecule has 1 aliphatic rings. The van der Waals surface area contributed by atoms with Crippen molar-refractivity contribution in [2.24, 2.45) is 7.05 Å². The van der Waals surface area contributed by atoms with E-state index < -0.39 is 0 Å². The van der Waals surface area contributed by atoms with Crippen LogP contribution in [0.5, 0.6) is 5.75 Å². The number of rotatable bonds is 5. The average Bonchev–Trinajstić information content (AvgIpc) is 3.03. The van der Waals surface area contributed by atoms with Crippen LogP contribution in [0.25, 0.3) is 0 Å². The van der Waals surface area contributed by atoms with Crippen LogP contribution in [-0.2, 0) is 26.4 Å². The Morgan fingerprint density at radius 1 is 1.45 bits per heavy atom. The van der Waals surface area contributed by atoms with Crippen molar-refractivity contribution in [2.75, 3.05) is 13.2 Å². The van der Waals surface area contributed by atoms with Gasteiger partial charge < -0.3 is 10.1 Å². The van der Waals surface area contributed by atoms with Gasteiger partial charge in [0.1, 0.15) is 5.75 Å². The molecule has 1 aliphatic heterocycles. The van der Waals surface area contributed by atoms with Gasteiger partial charge in [-0.2, -0.15) is 5.10 Å². The molecule has 0 fully saturated rings. The lowest BCUT2D eigenvalue weighted by molar-refractivity contribution is 0.352. The lowest BCUT2D eigenvalue weighted by Crippen LogP contribution is -2.18. The van der Waals surface area contributed by atoms with E-state index in [9.17, 15) is 0 Å². The third-order valence-electron chi connectivity index (χ3n) is 3.62. The molecule has 5 heteroatoms. The molecule has 0 aliphatic carbocycles. The number of fused-ring (bicyclic) bond motifs is 1. The molecule has 0 bridgehead atoms. The van der Waals surface area contributed by atoms with Gasteiger partial charge in [0.2, 0.25) is 0 Å². The summed E-state index contributed by atoms with van der Waals surface area (Å²) in [6.07, 6.45) is 3.74. The van der Waals surface area contributed by atoms with E-state index in [4.69, 9.17) is 16.3 Å². The summed E-state index contributed by atoms with van der Waals surface area (Å²) >= 11 is 6.15. The SMILES string of the molecule is Cn1nccc1CCNCc1cc(Cl)cc2c1OCC2. The Balaban J connectivity index is 1.58. The van der Waals surface area contributed by atoms with Gasteiger partial charge >= 0.3 is 0 Å². The molecule has 2 heterocycles. The zero-order chi connectivity index (χ0) is 13.9. The number of nitrogens with one attached hydrogen (secondary N) is 1. The number of benzene rings is 1. The molecule has 0 saturated heterocycles. The Hall–Kier alpha value is -1.52. The van der Waals surface area contributed by atoms with Crippen LogP contribution in [0.2, 0.25) is 5.02 Å². The molecule has 0 unspecified atom stereocenters. The molecule has 0 amide bonds. The van der Waals surface area contributed by atoms with Crippen LogP contribution in [0.4, 0.5) is 0 Å². The summed E-state index contributed by atoms with van der Waals surface area (Å²) in [5, 5.41) is 8.40. The summed E-state index contributed by atoms with van der Waals surface area (Å²) in [5.74, 6) is 1.02. The molecule has 106 valence electrons. The molecule has 3 rings (SSSR count). The van der Waals surface area contributed by atoms with Crippen molar-refractivity contribution in [3.8, 4) is 5.75 Å². The van der Waals surface area contributed by atoms with Crippen molar-refractivity contribution < 1.29 is 4.74 Å². The smallest absolute Gasteiger partial charge is 0.127 e. The molecule has 1 N–H and O–H groups in total. The van der Waals surface area contributed by atoms with Crippen molar-refractivity contribution in [3.05, 3.63) is 46.2 Å². The maximum atomic E-state index is 6.15. The predicted octanol–water partition coefficient (Wildman–Crippen LogP) is 2.34. The molecule has 0 spiro atoms. The van der Waals surface area contributed by atoms with Gasteiger partial charge in [0.15, 0.2) is 0 Å². The van der Waals surface area contributed by atoms with Gasteiger partial charge in [0.25, 0.3) is 0 Å². The van der Waals surface area contributed by atoms with Crippen molar-refractivity contribution in [1.82, 2.24) is 15.1 Å². The highest BCUT2D eigenvalue weighted by molar-refractivity contribution is 6.30. The third-order valence-corrected chi connectivity index (χ3v) is 3.84. The Morgan fingerprint density at radius 3 is 3.15 bits per heavy atom. The fourth-order valence-corrected chi connectivity index (χ4v) is 2.83. The number of hydrogen-bond donors (Lipinski definition) is 1. The maximum Gasteiger partial charge on any atom is 0.127 e. The standard InChI is InChI=1S/C15H18ClN3O/c1-19-14(3-6-18-19)2-5-17-10-12-9-13(16)8-11-4-7-20-15(11)12/h3,6,8-9,17H,2,4-5,7,10H2,1H3. The van der Waals surface area contributed by atoms with E-state index in [2.05, 4.69) is 10.4 Å². The van der Waals surface area contributed by atoms with Crippen molar-refractivity contribution in [1.29, 1.82) is 0 Å². The van der Waals surface area contributed by atoms with E-state index in [0.717, 1.165) is 48.9 Å². The molecule has 0 atom stereocenters. The molecular formula is C15H18ClN3O. The van der Waals surface area contributed by atoms with Crippen LogP contribution in [-0.4, -0.2) is 22.9 Å². The zero-order valence-corrected chi connectivity index (χ0v) is 12.3. The topological polar surface area (TPSA) is 39.1 Å². The molecular weight excluding hydrogens is 274 g/mol. The Labute approximate surface area is 123 Å². The summed E-state index contributed by atoms with van der Waals surface area (Å²) in [6.45, 7) is 2.44. The first-order valence-electron chi connectivity index (χ1n) is 6.86. The van der Waals surface area contributed by atoms with E-state index in [1.54, 1.807) is 0 Å². The minimum Gasteiger partial charge on any atom is -0.493 e. The fourth-order valence-electron chi connectivity index (χ4n) is 2.56. The summed E-state index contributed by atoms with van der Waals surface area (Å²) in [6, 6.07) is 6.04. The Bertz CT molecular complexity index is 609. The highest BCUT2D eigenvalue weighted by Gasteiger charge is 2.17. The molecule has 1 aromatic carbocycles. The Kier molecular flexibility index (Phi) is 3.94. The van der Waals surface area contributed by atoms with Crippen molar-refractivity contribution in [2.45, 2.75) is 19.4 Å². The minimum atomic E-state index is 0.762. The lowest BCUT2D eigenvalue weighted by atomic mass is 10.1. The van der Waals surface area contributed by atoms with Gasteiger partial charge in [-0.25, -0.2) is 0 Å². The second kappa shape index (κ2) is 5.85. The first-order valence-corrected chi connectivity index (χ1v) is 7.23. The number of halogens is 1. The second-order valence-electron chi connectivity index (χ2n) is 5.02. The largest absolute Gasteiger partial charge is 0.493 e. The summed E-state index contributed by atoms with van der Waals surface area (Å²) < 4.78 is 7.60. The molecule has 2 aromatic rings. The zero-order valence-electron chi connectivity index (χ0n) is 11.5. The lowest BCUT2D eigenvalue weighted by Gasteiger charge is -2.10. The number of aromatic nitrogens is 2. The summed E-state index contributed by atoms with van der Waals surface area (Å²) in [7, 11) is 1.97. The van der Waals surface area contributed by atoms with E-state index in [1.165, 1.54) is 11.3 Å². The molecule has 4 nitrogen and oxygen atoms in total. The molecule has 0 radical (unpaired) electrons. The van der Waals surface area contributed by atoms with E-state index in [-0.39, 0.29) is 0 Å². The van der Waals surface area contributed by atoms with Gasteiger partial charge in [-0.15, -0.1) is 0 Å². The van der Waals surface area contributed by atoms with Crippen LogP contribution in [0.1, 0.15) is 16.8 Å². The molecule has 0 saturated carbocycles. The first-order chi connectivity index (χ1) is 9.74.